The Balaban J connectivity index is 1.60. The molecule has 0 atom stereocenters. The molecule has 3 aromatic rings. The molecule has 0 unspecified atom stereocenters. The molecule has 3 aromatic carbocycles. The van der Waals surface area contributed by atoms with Crippen molar-refractivity contribution in [2.24, 2.45) is 15.8 Å². The Hall–Kier alpha value is -3.81. The average molecular weight is 563 g/mol. The van der Waals surface area contributed by atoms with Gasteiger partial charge in [-0.15, -0.1) is 5.11 Å². The van der Waals surface area contributed by atoms with Gasteiger partial charge in [0.2, 0.25) is 5.96 Å². The van der Waals surface area contributed by atoms with E-state index in [0.717, 1.165) is 11.3 Å². The van der Waals surface area contributed by atoms with E-state index >= 15 is 0 Å². The van der Waals surface area contributed by atoms with Crippen LogP contribution in [-0.2, 0) is 11.3 Å². The maximum atomic E-state index is 13.5. The lowest BCUT2D eigenvalue weighted by atomic mass is 9.84. The molecule has 1 aliphatic rings. The fraction of sp³-hybridized carbons (Fsp3) is 0.233. The van der Waals surface area contributed by atoms with E-state index in [1.165, 1.54) is 43.7 Å². The van der Waals surface area contributed by atoms with Crippen LogP contribution >= 0.6 is 23.2 Å². The summed E-state index contributed by atoms with van der Waals surface area (Å²) >= 11 is 12.6. The highest BCUT2D eigenvalue weighted by Crippen LogP contribution is 2.34. The van der Waals surface area contributed by atoms with Crippen molar-refractivity contribution in [1.82, 2.24) is 0 Å². The summed E-state index contributed by atoms with van der Waals surface area (Å²) in [6.07, 6.45) is 9.27. The van der Waals surface area contributed by atoms with Crippen LogP contribution in [0.5, 0.6) is 0 Å². The third-order valence-electron chi connectivity index (χ3n) is 6.81. The molecule has 4 rings (SSSR count). The van der Waals surface area contributed by atoms with Crippen molar-refractivity contribution < 1.29 is 9.59 Å². The summed E-state index contributed by atoms with van der Waals surface area (Å²) in [6, 6.07) is 20.1. The standard InChI is InChI=1S/C30H29Cl2N5O2/c31-26-7-4-8-27(32)25(26)17-18-28(38)37(24-15-13-22(14-16-24)21-5-2-1-3-6-21)19-20-9-11-23(12-10-20)29(39)35-30(33)36-34/h4,7-18,21,34H,1-3,5-6,19H2,(H2,33,35,39)/b18-17+,36-34?. The van der Waals surface area contributed by atoms with Crippen molar-refractivity contribution in [3.63, 3.8) is 0 Å². The Morgan fingerprint density at radius 1 is 0.949 bits per heavy atom. The topological polar surface area (TPSA) is 112 Å². The summed E-state index contributed by atoms with van der Waals surface area (Å²) in [5, 5.41) is 3.85. The number of carbonyl (C=O) groups excluding carboxylic acids is 2. The van der Waals surface area contributed by atoms with Gasteiger partial charge in [-0.25, -0.2) is 5.53 Å². The maximum Gasteiger partial charge on any atom is 0.280 e. The summed E-state index contributed by atoms with van der Waals surface area (Å²) < 4.78 is 0. The highest BCUT2D eigenvalue weighted by atomic mass is 35.5. The first-order valence-electron chi connectivity index (χ1n) is 12.7. The van der Waals surface area contributed by atoms with Crippen molar-refractivity contribution in [1.29, 1.82) is 5.53 Å². The smallest absolute Gasteiger partial charge is 0.280 e. The van der Waals surface area contributed by atoms with Crippen LogP contribution in [0.1, 0.15) is 65.1 Å². The Morgan fingerprint density at radius 2 is 1.59 bits per heavy atom. The van der Waals surface area contributed by atoms with E-state index in [0.29, 0.717) is 27.1 Å². The van der Waals surface area contributed by atoms with Gasteiger partial charge in [0, 0.05) is 32.9 Å². The molecule has 0 spiro atoms. The molecular formula is C30H29Cl2N5O2. The number of aliphatic imine (C=N–C) groups is 1. The lowest BCUT2D eigenvalue weighted by Crippen LogP contribution is -2.28. The molecule has 0 radical (unpaired) electrons. The number of benzene rings is 3. The number of nitrogens with two attached hydrogens (primary N) is 1. The molecule has 0 bridgehead atoms. The SMILES string of the molecule is N=NC(N)=NC(=O)c1ccc(CN(C(=O)/C=C/c2c(Cl)cccc2Cl)c2ccc(C3CCCCC3)cc2)cc1. The quantitative estimate of drug-likeness (QED) is 0.133. The minimum absolute atomic E-state index is 0.244. The monoisotopic (exact) mass is 561 g/mol. The molecule has 0 saturated heterocycles. The molecule has 0 aliphatic heterocycles. The van der Waals surface area contributed by atoms with Gasteiger partial charge in [0.1, 0.15) is 0 Å². The number of anilines is 1. The second kappa shape index (κ2) is 13.3. The van der Waals surface area contributed by atoms with Gasteiger partial charge in [-0.1, -0.05) is 72.8 Å². The number of amides is 2. The summed E-state index contributed by atoms with van der Waals surface area (Å²) in [5.41, 5.74) is 15.9. The molecule has 9 heteroatoms. The molecule has 1 aliphatic carbocycles. The molecule has 3 N–H and O–H groups in total. The van der Waals surface area contributed by atoms with Gasteiger partial charge in [-0.2, -0.15) is 4.99 Å². The van der Waals surface area contributed by atoms with Gasteiger partial charge in [0.05, 0.1) is 6.54 Å². The molecule has 0 heterocycles. The minimum atomic E-state index is -0.596. The average Bonchev–Trinajstić information content (AvgIpc) is 2.96. The fourth-order valence-electron chi connectivity index (χ4n) is 4.70. The predicted molar refractivity (Wildman–Crippen MR) is 156 cm³/mol. The van der Waals surface area contributed by atoms with Gasteiger partial charge < -0.3 is 10.6 Å². The number of halogens is 2. The Bertz CT molecular complexity index is 1380. The molecule has 200 valence electrons. The van der Waals surface area contributed by atoms with Crippen molar-refractivity contribution in [2.45, 2.75) is 44.6 Å². The first kappa shape index (κ1) is 28.2. The van der Waals surface area contributed by atoms with E-state index in [9.17, 15) is 9.59 Å². The van der Waals surface area contributed by atoms with Crippen molar-refractivity contribution in [3.8, 4) is 0 Å². The summed E-state index contributed by atoms with van der Waals surface area (Å²) in [7, 11) is 0. The minimum Gasteiger partial charge on any atom is -0.366 e. The zero-order chi connectivity index (χ0) is 27.8. The molecule has 2 amide bonds. The van der Waals surface area contributed by atoms with Crippen LogP contribution in [0, 0.1) is 5.53 Å². The highest BCUT2D eigenvalue weighted by molar-refractivity contribution is 6.37. The summed E-state index contributed by atoms with van der Waals surface area (Å²) in [4.78, 5) is 30.9. The van der Waals surface area contributed by atoms with Gasteiger partial charge in [0.25, 0.3) is 11.8 Å². The Kier molecular flexibility index (Phi) is 9.63. The van der Waals surface area contributed by atoms with Crippen LogP contribution < -0.4 is 10.6 Å². The van der Waals surface area contributed by atoms with Gasteiger partial charge >= 0.3 is 0 Å². The van der Waals surface area contributed by atoms with Crippen LogP contribution in [0.15, 0.2) is 82.9 Å². The van der Waals surface area contributed by atoms with Crippen molar-refractivity contribution in [3.05, 3.63) is 105 Å². The maximum absolute atomic E-state index is 13.5. The van der Waals surface area contributed by atoms with E-state index in [1.54, 1.807) is 53.4 Å². The normalized spacial score (nSPS) is 14.4. The van der Waals surface area contributed by atoms with E-state index in [-0.39, 0.29) is 12.5 Å². The van der Waals surface area contributed by atoms with Crippen molar-refractivity contribution in [2.75, 3.05) is 4.90 Å². The predicted octanol–water partition coefficient (Wildman–Crippen LogP) is 7.77. The number of hydrogen-bond donors (Lipinski definition) is 2. The molecular weight excluding hydrogens is 533 g/mol. The summed E-state index contributed by atoms with van der Waals surface area (Å²) in [5.74, 6) is -0.696. The number of rotatable bonds is 7. The number of nitrogens with zero attached hydrogens (tertiary/aromatic N) is 3. The van der Waals surface area contributed by atoms with E-state index in [2.05, 4.69) is 22.2 Å². The second-order valence-electron chi connectivity index (χ2n) is 9.40. The lowest BCUT2D eigenvalue weighted by molar-refractivity contribution is -0.114. The van der Waals surface area contributed by atoms with Crippen LogP contribution in [0.4, 0.5) is 5.69 Å². The number of hydrogen-bond acceptors (Lipinski definition) is 3. The van der Waals surface area contributed by atoms with Crippen LogP contribution in [0.25, 0.3) is 6.08 Å². The van der Waals surface area contributed by atoms with Crippen LogP contribution in [0.3, 0.4) is 0 Å². The fourth-order valence-corrected chi connectivity index (χ4v) is 5.23. The number of carbonyl (C=O) groups is 2. The first-order chi connectivity index (χ1) is 18.9. The number of nitrogens with one attached hydrogen (secondary N) is 1. The van der Waals surface area contributed by atoms with E-state index in [1.807, 2.05) is 12.1 Å². The van der Waals surface area contributed by atoms with E-state index < -0.39 is 11.9 Å². The third-order valence-corrected chi connectivity index (χ3v) is 7.47. The zero-order valence-electron chi connectivity index (χ0n) is 21.3. The molecule has 1 saturated carbocycles. The lowest BCUT2D eigenvalue weighted by Gasteiger charge is -2.25. The molecule has 0 aromatic heterocycles. The first-order valence-corrected chi connectivity index (χ1v) is 13.5. The van der Waals surface area contributed by atoms with E-state index in [4.69, 9.17) is 34.5 Å². The second-order valence-corrected chi connectivity index (χ2v) is 10.2. The molecule has 7 nitrogen and oxygen atoms in total. The molecule has 1 fully saturated rings. The Labute approximate surface area is 237 Å². The zero-order valence-corrected chi connectivity index (χ0v) is 22.8. The highest BCUT2D eigenvalue weighted by Gasteiger charge is 2.18. The van der Waals surface area contributed by atoms with Gasteiger partial charge in [-0.05, 0) is 72.4 Å². The van der Waals surface area contributed by atoms with Gasteiger partial charge in [0.15, 0.2) is 0 Å². The van der Waals surface area contributed by atoms with Crippen LogP contribution in [0.2, 0.25) is 10.0 Å². The van der Waals surface area contributed by atoms with Crippen LogP contribution in [-0.4, -0.2) is 17.8 Å². The largest absolute Gasteiger partial charge is 0.366 e. The molecule has 39 heavy (non-hydrogen) atoms. The summed E-state index contributed by atoms with van der Waals surface area (Å²) in [6.45, 7) is 0.268. The van der Waals surface area contributed by atoms with Crippen molar-refractivity contribution >= 4 is 52.7 Å². The number of guanidine groups is 1. The van der Waals surface area contributed by atoms with Gasteiger partial charge in [-0.3, -0.25) is 9.59 Å². The Morgan fingerprint density at radius 3 is 2.21 bits per heavy atom. The third kappa shape index (κ3) is 7.40.